The topological polar surface area (TPSA) is 91.6 Å². The van der Waals surface area contributed by atoms with Gasteiger partial charge in [0.05, 0.1) is 12.6 Å². The molecule has 0 saturated heterocycles. The van der Waals surface area contributed by atoms with Crippen molar-refractivity contribution in [1.29, 1.82) is 0 Å². The highest BCUT2D eigenvalue weighted by Crippen LogP contribution is 2.34. The molecule has 1 aromatic carbocycles. The maximum atomic E-state index is 13.2. The van der Waals surface area contributed by atoms with Crippen molar-refractivity contribution in [1.82, 2.24) is 14.8 Å². The van der Waals surface area contributed by atoms with Crippen LogP contribution in [0.15, 0.2) is 47.5 Å². The van der Waals surface area contributed by atoms with Gasteiger partial charge in [-0.2, -0.15) is 0 Å². The van der Waals surface area contributed by atoms with E-state index in [0.29, 0.717) is 5.56 Å². The summed E-state index contributed by atoms with van der Waals surface area (Å²) in [6.07, 6.45) is 10.5. The Kier molecular flexibility index (Phi) is 7.28. The third-order valence-corrected chi connectivity index (χ3v) is 6.66. The summed E-state index contributed by atoms with van der Waals surface area (Å²) < 4.78 is 1.83. The third kappa shape index (κ3) is 5.71. The second-order valence-corrected chi connectivity index (χ2v) is 9.37. The average Bonchev–Trinajstić information content (AvgIpc) is 3.67. The van der Waals surface area contributed by atoms with Gasteiger partial charge in [0.15, 0.2) is 0 Å². The van der Waals surface area contributed by atoms with Gasteiger partial charge in [-0.3, -0.25) is 14.4 Å². The molecule has 0 bridgehead atoms. The zero-order valence-corrected chi connectivity index (χ0v) is 19.2. The molecule has 1 aromatic heterocycles. The summed E-state index contributed by atoms with van der Waals surface area (Å²) in [5.41, 5.74) is 0.139. The molecule has 4 rings (SSSR count). The van der Waals surface area contributed by atoms with Crippen molar-refractivity contribution in [2.24, 2.45) is 0 Å². The van der Waals surface area contributed by atoms with Crippen LogP contribution in [0.25, 0.3) is 0 Å². The van der Waals surface area contributed by atoms with E-state index in [1.165, 1.54) is 17.7 Å². The van der Waals surface area contributed by atoms with Crippen molar-refractivity contribution >= 4 is 11.8 Å². The highest BCUT2D eigenvalue weighted by Gasteiger charge is 2.29. The van der Waals surface area contributed by atoms with Crippen molar-refractivity contribution in [3.63, 3.8) is 0 Å². The molecule has 7 heteroatoms. The van der Waals surface area contributed by atoms with E-state index in [1.807, 2.05) is 22.8 Å². The number of nitrogens with zero attached hydrogens (tertiary/aromatic N) is 2. The Morgan fingerprint density at radius 1 is 1.03 bits per heavy atom. The Labute approximate surface area is 194 Å². The lowest BCUT2D eigenvalue weighted by molar-refractivity contribution is 0.0679. The summed E-state index contributed by atoms with van der Waals surface area (Å²) in [5, 5.41) is 13.6. The number of carbonyl (C=O) groups is 2. The van der Waals surface area contributed by atoms with Crippen LogP contribution in [-0.4, -0.2) is 46.0 Å². The highest BCUT2D eigenvalue weighted by atomic mass is 16.3. The Balaban J connectivity index is 1.55. The molecule has 2 aliphatic carbocycles. The normalized spacial score (nSPS) is 17.8. The lowest BCUT2D eigenvalue weighted by Crippen LogP contribution is -2.40. The quantitative estimate of drug-likeness (QED) is 0.631. The van der Waals surface area contributed by atoms with Crippen LogP contribution >= 0.6 is 0 Å². The number of amides is 2. The van der Waals surface area contributed by atoms with E-state index in [9.17, 15) is 19.5 Å². The molecule has 2 saturated carbocycles. The zero-order valence-electron chi connectivity index (χ0n) is 19.2. The first-order valence-corrected chi connectivity index (χ1v) is 12.0. The largest absolute Gasteiger partial charge is 0.387 e. The molecule has 0 radical (unpaired) electrons. The first-order valence-electron chi connectivity index (χ1n) is 12.0. The van der Waals surface area contributed by atoms with Crippen LogP contribution in [0.2, 0.25) is 0 Å². The lowest BCUT2D eigenvalue weighted by atomic mass is 10.1. The number of hydrogen-bond donors (Lipinski definition) is 2. The van der Waals surface area contributed by atoms with Crippen LogP contribution in [0.3, 0.4) is 0 Å². The summed E-state index contributed by atoms with van der Waals surface area (Å²) in [4.78, 5) is 40.8. The van der Waals surface area contributed by atoms with Crippen molar-refractivity contribution in [3.05, 3.63) is 69.6 Å². The number of carbonyl (C=O) groups excluding carboxylic acids is 2. The molecule has 7 nitrogen and oxygen atoms in total. The first-order chi connectivity index (χ1) is 15.9. The van der Waals surface area contributed by atoms with Crippen molar-refractivity contribution in [2.75, 3.05) is 13.6 Å². The van der Waals surface area contributed by atoms with E-state index in [-0.39, 0.29) is 29.8 Å². The fourth-order valence-electron chi connectivity index (χ4n) is 4.51. The van der Waals surface area contributed by atoms with Gasteiger partial charge in [0, 0.05) is 31.5 Å². The maximum Gasteiger partial charge on any atom is 0.259 e. The summed E-state index contributed by atoms with van der Waals surface area (Å²) in [6, 6.07) is 9.37. The van der Waals surface area contributed by atoms with Gasteiger partial charge in [-0.15, -0.1) is 0 Å². The van der Waals surface area contributed by atoms with Gasteiger partial charge >= 0.3 is 0 Å². The Bertz CT molecular complexity index is 1040. The molecule has 2 N–H and O–H groups in total. The summed E-state index contributed by atoms with van der Waals surface area (Å²) in [7, 11) is 1.56. The lowest BCUT2D eigenvalue weighted by Gasteiger charge is -2.22. The number of nitrogens with one attached hydrogen (secondary N) is 1. The second kappa shape index (κ2) is 10.3. The molecule has 1 heterocycles. The molecule has 2 amide bonds. The SMILES string of the molecule is CN(CC(O)c1ccccc1)C(=O)c1cn(C2CC2)cc(C(=O)NC2CCCCCC2)c1=O. The van der Waals surface area contributed by atoms with Crippen LogP contribution in [0, 0.1) is 0 Å². The molecule has 1 unspecified atom stereocenters. The monoisotopic (exact) mass is 451 g/mol. The molecule has 33 heavy (non-hydrogen) atoms. The van der Waals surface area contributed by atoms with Crippen molar-refractivity contribution < 1.29 is 14.7 Å². The van der Waals surface area contributed by atoms with E-state index in [0.717, 1.165) is 38.5 Å². The summed E-state index contributed by atoms with van der Waals surface area (Å²) in [6.45, 7) is 0.0458. The van der Waals surface area contributed by atoms with Crippen LogP contribution < -0.4 is 10.7 Å². The van der Waals surface area contributed by atoms with E-state index in [4.69, 9.17) is 0 Å². The number of aliphatic hydroxyl groups excluding tert-OH is 1. The Hall–Kier alpha value is -2.93. The second-order valence-electron chi connectivity index (χ2n) is 9.37. The van der Waals surface area contributed by atoms with Gasteiger partial charge in [0.1, 0.15) is 11.1 Å². The Morgan fingerprint density at radius 3 is 2.30 bits per heavy atom. The maximum absolute atomic E-state index is 13.2. The fourth-order valence-corrected chi connectivity index (χ4v) is 4.51. The number of hydrogen-bond acceptors (Lipinski definition) is 4. The van der Waals surface area contributed by atoms with Crippen molar-refractivity contribution in [2.45, 2.75) is 69.6 Å². The van der Waals surface area contributed by atoms with Crippen LogP contribution in [-0.2, 0) is 0 Å². The van der Waals surface area contributed by atoms with Crippen LogP contribution in [0.4, 0.5) is 0 Å². The minimum Gasteiger partial charge on any atom is -0.387 e. The van der Waals surface area contributed by atoms with Gasteiger partial charge in [-0.25, -0.2) is 0 Å². The number of benzene rings is 1. The molecule has 2 aromatic rings. The smallest absolute Gasteiger partial charge is 0.259 e. The van der Waals surface area contributed by atoms with Gasteiger partial charge in [-0.05, 0) is 31.2 Å². The molecule has 0 aliphatic heterocycles. The third-order valence-electron chi connectivity index (χ3n) is 6.66. The fraction of sp³-hybridized carbons (Fsp3) is 0.500. The van der Waals surface area contributed by atoms with Gasteiger partial charge in [0.25, 0.3) is 11.8 Å². The molecular weight excluding hydrogens is 418 g/mol. The number of pyridine rings is 1. The van der Waals surface area contributed by atoms with E-state index in [1.54, 1.807) is 31.6 Å². The summed E-state index contributed by atoms with van der Waals surface area (Å²) >= 11 is 0. The molecule has 176 valence electrons. The van der Waals surface area contributed by atoms with E-state index < -0.39 is 23.3 Å². The molecule has 2 aliphatic rings. The standard InChI is InChI=1S/C26H33N3O4/c1-28(17-23(30)18-9-5-4-6-10-18)26(33)22-16-29(20-13-14-20)15-21(24(22)31)25(32)27-19-11-7-2-3-8-12-19/h4-6,9-10,15-16,19-20,23,30H,2-3,7-8,11-14,17H2,1H3,(H,27,32). The molecular formula is C26H33N3O4. The van der Waals surface area contributed by atoms with E-state index in [2.05, 4.69) is 5.32 Å². The van der Waals surface area contributed by atoms with E-state index >= 15 is 0 Å². The minimum absolute atomic E-state index is 0.0222. The van der Waals surface area contributed by atoms with Gasteiger partial charge in [-0.1, -0.05) is 56.0 Å². The number of likely N-dealkylation sites (N-methyl/N-ethyl adjacent to an activating group) is 1. The molecule has 2 fully saturated rings. The first kappa shape index (κ1) is 23.2. The molecule has 0 spiro atoms. The van der Waals surface area contributed by atoms with Crippen molar-refractivity contribution in [3.8, 4) is 0 Å². The predicted molar refractivity (Wildman–Crippen MR) is 126 cm³/mol. The number of aromatic nitrogens is 1. The molecule has 1 atom stereocenters. The highest BCUT2D eigenvalue weighted by molar-refractivity contribution is 5.99. The van der Waals surface area contributed by atoms with Crippen LogP contribution in [0.1, 0.15) is 89.8 Å². The van der Waals surface area contributed by atoms with Gasteiger partial charge < -0.3 is 19.9 Å². The summed E-state index contributed by atoms with van der Waals surface area (Å²) in [5.74, 6) is -0.892. The average molecular weight is 452 g/mol. The Morgan fingerprint density at radius 2 is 1.67 bits per heavy atom. The van der Waals surface area contributed by atoms with Gasteiger partial charge in [0.2, 0.25) is 5.43 Å². The zero-order chi connectivity index (χ0) is 23.4. The van der Waals surface area contributed by atoms with Crippen LogP contribution in [0.5, 0.6) is 0 Å². The predicted octanol–water partition coefficient (Wildman–Crippen LogP) is 3.44. The number of aliphatic hydroxyl groups is 1. The minimum atomic E-state index is -0.868. The number of rotatable bonds is 7.